The van der Waals surface area contributed by atoms with Gasteiger partial charge in [-0.05, 0) is 30.6 Å². The van der Waals surface area contributed by atoms with E-state index in [9.17, 15) is 9.18 Å². The summed E-state index contributed by atoms with van der Waals surface area (Å²) < 4.78 is 12.5. The third-order valence-electron chi connectivity index (χ3n) is 3.87. The summed E-state index contributed by atoms with van der Waals surface area (Å²) in [6.07, 6.45) is 3.20. The zero-order chi connectivity index (χ0) is 9.76. The van der Waals surface area contributed by atoms with Crippen LogP contribution < -0.4 is 5.32 Å². The van der Waals surface area contributed by atoms with Crippen LogP contribution in [0.4, 0.5) is 9.18 Å². The first-order chi connectivity index (χ1) is 6.70. The molecule has 3 aliphatic rings. The average molecular weight is 198 g/mol. The Balaban J connectivity index is 1.38. The van der Waals surface area contributed by atoms with Gasteiger partial charge in [0.25, 0.3) is 0 Å². The lowest BCUT2D eigenvalue weighted by Gasteiger charge is -2.34. The maximum absolute atomic E-state index is 12.5. The molecule has 0 aromatic heterocycles. The van der Waals surface area contributed by atoms with Gasteiger partial charge in [0.1, 0.15) is 6.17 Å². The molecule has 0 bridgehead atoms. The number of hydrogen-bond acceptors (Lipinski definition) is 1. The van der Waals surface area contributed by atoms with Gasteiger partial charge < -0.3 is 10.2 Å². The van der Waals surface area contributed by atoms with Crippen molar-refractivity contribution in [1.29, 1.82) is 0 Å². The largest absolute Gasteiger partial charge is 0.338 e. The number of carbonyl (C=O) groups is 1. The number of carbonyl (C=O) groups excluding carboxylic acids is 1. The van der Waals surface area contributed by atoms with Crippen LogP contribution in [0.3, 0.4) is 0 Å². The minimum atomic E-state index is -0.795. The van der Waals surface area contributed by atoms with Crippen molar-refractivity contribution in [2.24, 2.45) is 11.3 Å². The lowest BCUT2D eigenvalue weighted by molar-refractivity contribution is 0.0897. The standard InChI is InChI=1S/C10H15FN2O/c11-8-5-13(6-8)9(14)12-4-7-3-10(7)1-2-10/h7-8H,1-6H2,(H,12,14). The zero-order valence-corrected chi connectivity index (χ0v) is 8.13. The molecule has 3 fully saturated rings. The van der Waals surface area contributed by atoms with E-state index >= 15 is 0 Å². The fraction of sp³-hybridized carbons (Fsp3) is 0.900. The molecule has 1 heterocycles. The molecule has 2 aliphatic carbocycles. The molecular weight excluding hydrogens is 183 g/mol. The van der Waals surface area contributed by atoms with Crippen molar-refractivity contribution in [2.45, 2.75) is 25.4 Å². The summed E-state index contributed by atoms with van der Waals surface area (Å²) >= 11 is 0. The fourth-order valence-corrected chi connectivity index (χ4v) is 2.41. The molecule has 1 saturated heterocycles. The first-order valence-corrected chi connectivity index (χ1v) is 5.36. The number of nitrogens with one attached hydrogen (secondary N) is 1. The summed E-state index contributed by atoms with van der Waals surface area (Å²) in [5.74, 6) is 0.717. The van der Waals surface area contributed by atoms with E-state index in [2.05, 4.69) is 5.32 Å². The average Bonchev–Trinajstić information content (AvgIpc) is 2.99. The van der Waals surface area contributed by atoms with E-state index in [4.69, 9.17) is 0 Å². The van der Waals surface area contributed by atoms with Gasteiger partial charge >= 0.3 is 6.03 Å². The summed E-state index contributed by atoms with van der Waals surface area (Å²) in [5, 5.41) is 2.88. The highest BCUT2D eigenvalue weighted by Crippen LogP contribution is 2.70. The van der Waals surface area contributed by atoms with Gasteiger partial charge in [-0.3, -0.25) is 0 Å². The number of urea groups is 1. The second kappa shape index (κ2) is 2.61. The number of amides is 2. The highest BCUT2D eigenvalue weighted by molar-refractivity contribution is 5.75. The Morgan fingerprint density at radius 3 is 2.71 bits per heavy atom. The summed E-state index contributed by atoms with van der Waals surface area (Å²) in [6.45, 7) is 1.36. The molecule has 1 atom stereocenters. The SMILES string of the molecule is O=C(NCC1CC12CC2)N1CC(F)C1. The number of halogens is 1. The fourth-order valence-electron chi connectivity index (χ4n) is 2.41. The molecule has 4 heteroatoms. The summed E-state index contributed by atoms with van der Waals surface area (Å²) in [4.78, 5) is 12.9. The van der Waals surface area contributed by atoms with E-state index in [1.165, 1.54) is 24.2 Å². The lowest BCUT2D eigenvalue weighted by Crippen LogP contribution is -2.55. The van der Waals surface area contributed by atoms with Crippen molar-refractivity contribution in [3.63, 3.8) is 0 Å². The highest BCUT2D eigenvalue weighted by atomic mass is 19.1. The molecule has 1 N–H and O–H groups in total. The monoisotopic (exact) mass is 198 g/mol. The Bertz CT molecular complexity index is 271. The molecule has 2 amide bonds. The van der Waals surface area contributed by atoms with Crippen LogP contribution in [0.15, 0.2) is 0 Å². The number of alkyl halides is 1. The third kappa shape index (κ3) is 1.28. The minimum Gasteiger partial charge on any atom is -0.338 e. The van der Waals surface area contributed by atoms with Crippen LogP contribution in [0.2, 0.25) is 0 Å². The second-order valence-corrected chi connectivity index (χ2v) is 4.95. The Kier molecular flexibility index (Phi) is 1.59. The van der Waals surface area contributed by atoms with Crippen molar-refractivity contribution in [1.82, 2.24) is 10.2 Å². The first kappa shape index (κ1) is 8.50. The smallest absolute Gasteiger partial charge is 0.317 e. The molecule has 3 nitrogen and oxygen atoms in total. The molecule has 14 heavy (non-hydrogen) atoms. The zero-order valence-electron chi connectivity index (χ0n) is 8.13. The van der Waals surface area contributed by atoms with E-state index in [0.717, 1.165) is 6.54 Å². The topological polar surface area (TPSA) is 32.3 Å². The van der Waals surface area contributed by atoms with Crippen LogP contribution in [-0.4, -0.2) is 36.7 Å². The minimum absolute atomic E-state index is 0.0819. The van der Waals surface area contributed by atoms with Crippen molar-refractivity contribution < 1.29 is 9.18 Å². The number of rotatable bonds is 2. The Morgan fingerprint density at radius 2 is 2.21 bits per heavy atom. The first-order valence-electron chi connectivity index (χ1n) is 5.36. The van der Waals surface area contributed by atoms with Crippen LogP contribution in [0.25, 0.3) is 0 Å². The van der Waals surface area contributed by atoms with Crippen molar-refractivity contribution in [3.8, 4) is 0 Å². The molecule has 78 valence electrons. The van der Waals surface area contributed by atoms with Gasteiger partial charge in [-0.2, -0.15) is 0 Å². The lowest BCUT2D eigenvalue weighted by atomic mass is 10.2. The van der Waals surface area contributed by atoms with Gasteiger partial charge in [-0.15, -0.1) is 0 Å². The van der Waals surface area contributed by atoms with E-state index < -0.39 is 6.17 Å². The van der Waals surface area contributed by atoms with Crippen LogP contribution in [0.5, 0.6) is 0 Å². The summed E-state index contributed by atoms with van der Waals surface area (Å²) in [7, 11) is 0. The van der Waals surface area contributed by atoms with Crippen LogP contribution in [0.1, 0.15) is 19.3 Å². The Morgan fingerprint density at radius 1 is 1.50 bits per heavy atom. The third-order valence-corrected chi connectivity index (χ3v) is 3.87. The summed E-state index contributed by atoms with van der Waals surface area (Å²) in [6, 6.07) is -0.0819. The van der Waals surface area contributed by atoms with Gasteiger partial charge in [0.05, 0.1) is 13.1 Å². The molecule has 2 saturated carbocycles. The van der Waals surface area contributed by atoms with Crippen molar-refractivity contribution in [3.05, 3.63) is 0 Å². The van der Waals surface area contributed by atoms with Crippen LogP contribution in [0, 0.1) is 11.3 Å². The van der Waals surface area contributed by atoms with Gasteiger partial charge in [-0.25, -0.2) is 9.18 Å². The predicted octanol–water partition coefficient (Wildman–Crippen LogP) is 1.15. The molecule has 1 aliphatic heterocycles. The highest BCUT2D eigenvalue weighted by Gasteiger charge is 2.62. The van der Waals surface area contributed by atoms with E-state index in [1.807, 2.05) is 0 Å². The van der Waals surface area contributed by atoms with Gasteiger partial charge in [0, 0.05) is 6.54 Å². The van der Waals surface area contributed by atoms with E-state index in [-0.39, 0.29) is 19.1 Å². The second-order valence-electron chi connectivity index (χ2n) is 4.95. The molecule has 0 aromatic rings. The van der Waals surface area contributed by atoms with Gasteiger partial charge in [0.15, 0.2) is 0 Å². The van der Waals surface area contributed by atoms with Crippen molar-refractivity contribution in [2.75, 3.05) is 19.6 Å². The number of hydrogen-bond donors (Lipinski definition) is 1. The molecule has 1 spiro atoms. The molecule has 0 aromatic carbocycles. The maximum Gasteiger partial charge on any atom is 0.317 e. The number of nitrogens with zero attached hydrogens (tertiary/aromatic N) is 1. The number of likely N-dealkylation sites (tertiary alicyclic amines) is 1. The normalized spacial score (nSPS) is 32.6. The molecule has 0 radical (unpaired) electrons. The predicted molar refractivity (Wildman–Crippen MR) is 49.6 cm³/mol. The summed E-state index contributed by atoms with van der Waals surface area (Å²) in [5.41, 5.74) is 0.644. The Hall–Kier alpha value is -0.800. The molecule has 1 unspecified atom stereocenters. The molecule has 3 rings (SSSR count). The van der Waals surface area contributed by atoms with Crippen LogP contribution >= 0.6 is 0 Å². The van der Waals surface area contributed by atoms with Gasteiger partial charge in [-0.1, -0.05) is 0 Å². The van der Waals surface area contributed by atoms with Crippen LogP contribution in [-0.2, 0) is 0 Å². The Labute approximate surface area is 82.6 Å². The maximum atomic E-state index is 12.5. The van der Waals surface area contributed by atoms with E-state index in [0.29, 0.717) is 11.3 Å². The van der Waals surface area contributed by atoms with Crippen molar-refractivity contribution >= 4 is 6.03 Å². The quantitative estimate of drug-likeness (QED) is 0.709. The van der Waals surface area contributed by atoms with E-state index in [1.54, 1.807) is 0 Å². The molecular formula is C10H15FN2O. The van der Waals surface area contributed by atoms with Gasteiger partial charge in [0.2, 0.25) is 0 Å².